The zero-order valence-electron chi connectivity index (χ0n) is 15.5. The number of urea groups is 1. The summed E-state index contributed by atoms with van der Waals surface area (Å²) in [6, 6.07) is 14.6. The first-order chi connectivity index (χ1) is 12.9. The van der Waals surface area contributed by atoms with E-state index in [2.05, 4.69) is 15.9 Å². The topological polar surface area (TPSA) is 49.9 Å². The molecule has 5 nitrogen and oxygen atoms in total. The van der Waals surface area contributed by atoms with Gasteiger partial charge in [0.25, 0.3) is 0 Å². The van der Waals surface area contributed by atoms with Gasteiger partial charge in [0.1, 0.15) is 5.75 Å². The van der Waals surface area contributed by atoms with Gasteiger partial charge in [-0.1, -0.05) is 40.2 Å². The first kappa shape index (κ1) is 19.2. The second kappa shape index (κ2) is 7.96. The van der Waals surface area contributed by atoms with Crippen LogP contribution in [0.25, 0.3) is 0 Å². The minimum absolute atomic E-state index is 0.113. The average molecular weight is 429 g/mol. The van der Waals surface area contributed by atoms with Crippen LogP contribution in [-0.4, -0.2) is 23.4 Å². The normalized spacial score (nSPS) is 17.0. The molecule has 140 valence electrons. The minimum atomic E-state index is -0.385. The van der Waals surface area contributed by atoms with E-state index in [1.807, 2.05) is 62.4 Å². The van der Waals surface area contributed by atoms with Gasteiger partial charge in [-0.05, 0) is 44.2 Å². The Morgan fingerprint density at radius 1 is 1.19 bits per heavy atom. The van der Waals surface area contributed by atoms with Crippen molar-refractivity contribution >= 4 is 33.6 Å². The summed E-state index contributed by atoms with van der Waals surface area (Å²) in [5.74, 6) is 0.0882. The van der Waals surface area contributed by atoms with Crippen molar-refractivity contribution in [3.63, 3.8) is 0 Å². The first-order valence-electron chi connectivity index (χ1n) is 8.74. The van der Waals surface area contributed by atoms with Gasteiger partial charge in [-0.3, -0.25) is 9.69 Å². The monoisotopic (exact) mass is 428 g/mol. The summed E-state index contributed by atoms with van der Waals surface area (Å²) in [5, 5.41) is 0. The molecule has 2 aromatic rings. The smallest absolute Gasteiger partial charge is 0.329 e. The van der Waals surface area contributed by atoms with Crippen LogP contribution in [0.3, 0.4) is 0 Å². The van der Waals surface area contributed by atoms with Crippen molar-refractivity contribution in [1.29, 1.82) is 0 Å². The van der Waals surface area contributed by atoms with Gasteiger partial charge in [-0.2, -0.15) is 0 Å². The highest BCUT2D eigenvalue weighted by atomic mass is 79.9. The Kier molecular flexibility index (Phi) is 5.65. The van der Waals surface area contributed by atoms with E-state index >= 15 is 0 Å². The molecule has 27 heavy (non-hydrogen) atoms. The van der Waals surface area contributed by atoms with E-state index in [9.17, 15) is 9.59 Å². The molecule has 1 aliphatic heterocycles. The SMILES string of the molecule is CCN1C(=O)N(c2cccc(Br)c2)C(C)=CC1c1ccccc1OC(C)=O. The third-order valence-corrected chi connectivity index (χ3v) is 4.92. The lowest BCUT2D eigenvalue weighted by molar-refractivity contribution is -0.131. The number of amides is 2. The van der Waals surface area contributed by atoms with Crippen molar-refractivity contribution in [3.05, 3.63) is 70.3 Å². The van der Waals surface area contributed by atoms with Crippen molar-refractivity contribution < 1.29 is 14.3 Å². The van der Waals surface area contributed by atoms with E-state index in [-0.39, 0.29) is 18.0 Å². The summed E-state index contributed by atoms with van der Waals surface area (Å²) in [5.41, 5.74) is 2.41. The number of likely N-dealkylation sites (N-methyl/N-ethyl adjacent to an activating group) is 1. The third kappa shape index (κ3) is 3.90. The zero-order valence-corrected chi connectivity index (χ0v) is 17.1. The number of allylic oxidation sites excluding steroid dienone is 1. The van der Waals surface area contributed by atoms with Crippen molar-refractivity contribution in [2.45, 2.75) is 26.8 Å². The fraction of sp³-hybridized carbons (Fsp3) is 0.238. The highest BCUT2D eigenvalue weighted by Gasteiger charge is 2.34. The molecule has 0 saturated carbocycles. The van der Waals surface area contributed by atoms with Crippen LogP contribution >= 0.6 is 15.9 Å². The maximum atomic E-state index is 13.3. The van der Waals surface area contributed by atoms with E-state index in [0.717, 1.165) is 21.4 Å². The molecule has 1 atom stereocenters. The molecule has 0 saturated heterocycles. The number of para-hydroxylation sites is 1. The van der Waals surface area contributed by atoms with Gasteiger partial charge >= 0.3 is 12.0 Å². The fourth-order valence-electron chi connectivity index (χ4n) is 3.28. The van der Waals surface area contributed by atoms with E-state index in [0.29, 0.717) is 12.3 Å². The average Bonchev–Trinajstić information content (AvgIpc) is 2.61. The van der Waals surface area contributed by atoms with Gasteiger partial charge in [0.2, 0.25) is 0 Å². The number of esters is 1. The zero-order chi connectivity index (χ0) is 19.6. The number of benzene rings is 2. The van der Waals surface area contributed by atoms with Gasteiger partial charge < -0.3 is 9.64 Å². The van der Waals surface area contributed by atoms with E-state index < -0.39 is 0 Å². The van der Waals surface area contributed by atoms with Crippen LogP contribution in [0.4, 0.5) is 10.5 Å². The number of carbonyl (C=O) groups excluding carboxylic acids is 2. The van der Waals surface area contributed by atoms with Gasteiger partial charge in [0, 0.05) is 29.2 Å². The number of hydrogen-bond acceptors (Lipinski definition) is 3. The van der Waals surface area contributed by atoms with Crippen molar-refractivity contribution in [2.24, 2.45) is 0 Å². The molecule has 6 heteroatoms. The third-order valence-electron chi connectivity index (χ3n) is 4.42. The minimum Gasteiger partial charge on any atom is -0.426 e. The second-order valence-corrected chi connectivity index (χ2v) is 7.18. The molecule has 0 bridgehead atoms. The second-order valence-electron chi connectivity index (χ2n) is 6.27. The maximum absolute atomic E-state index is 13.3. The molecule has 1 aliphatic rings. The number of halogens is 1. The molecular weight excluding hydrogens is 408 g/mol. The molecule has 1 heterocycles. The molecule has 0 aromatic heterocycles. The maximum Gasteiger partial charge on any atom is 0.329 e. The summed E-state index contributed by atoms with van der Waals surface area (Å²) in [6.45, 7) is 5.74. The Balaban J connectivity index is 2.07. The number of hydrogen-bond donors (Lipinski definition) is 0. The van der Waals surface area contributed by atoms with Gasteiger partial charge in [0.05, 0.1) is 11.7 Å². The highest BCUT2D eigenvalue weighted by molar-refractivity contribution is 9.10. The van der Waals surface area contributed by atoms with E-state index in [4.69, 9.17) is 4.74 Å². The van der Waals surface area contributed by atoms with Crippen LogP contribution in [0.15, 0.2) is 64.8 Å². The quantitative estimate of drug-likeness (QED) is 0.491. The van der Waals surface area contributed by atoms with Crippen LogP contribution in [0, 0.1) is 0 Å². The van der Waals surface area contributed by atoms with Gasteiger partial charge in [0.15, 0.2) is 0 Å². The fourth-order valence-corrected chi connectivity index (χ4v) is 3.67. The molecule has 0 radical (unpaired) electrons. The summed E-state index contributed by atoms with van der Waals surface area (Å²) >= 11 is 3.46. The molecule has 0 spiro atoms. The predicted octanol–water partition coefficient (Wildman–Crippen LogP) is 5.28. The standard InChI is InChI=1S/C21H21BrN2O3/c1-4-23-19(18-10-5-6-11-20(18)27-15(3)25)12-14(2)24(21(23)26)17-9-7-8-16(22)13-17/h5-13,19H,4H2,1-3H3. The molecule has 0 aliphatic carbocycles. The van der Waals surface area contributed by atoms with Crippen LogP contribution in [0.1, 0.15) is 32.4 Å². The number of carbonyl (C=O) groups is 2. The predicted molar refractivity (Wildman–Crippen MR) is 109 cm³/mol. The van der Waals surface area contributed by atoms with Gasteiger partial charge in [-0.15, -0.1) is 0 Å². The molecule has 0 fully saturated rings. The Morgan fingerprint density at radius 3 is 2.59 bits per heavy atom. The molecule has 2 amide bonds. The Hall–Kier alpha value is -2.60. The largest absolute Gasteiger partial charge is 0.426 e. The van der Waals surface area contributed by atoms with Crippen LogP contribution in [0.2, 0.25) is 0 Å². The number of nitrogens with zero attached hydrogens (tertiary/aromatic N) is 2. The van der Waals surface area contributed by atoms with Crippen molar-refractivity contribution in [1.82, 2.24) is 4.90 Å². The molecule has 0 N–H and O–H groups in total. The molecular formula is C21H21BrN2O3. The number of rotatable bonds is 4. The molecule has 2 aromatic carbocycles. The summed E-state index contributed by atoms with van der Waals surface area (Å²) < 4.78 is 6.27. The van der Waals surface area contributed by atoms with Crippen molar-refractivity contribution in [3.8, 4) is 5.75 Å². The summed E-state index contributed by atoms with van der Waals surface area (Å²) in [4.78, 5) is 28.2. The molecule has 1 unspecified atom stereocenters. The number of ether oxygens (including phenoxy) is 1. The van der Waals surface area contributed by atoms with E-state index in [1.54, 1.807) is 15.9 Å². The highest BCUT2D eigenvalue weighted by Crippen LogP contribution is 2.37. The molecule has 3 rings (SSSR count). The first-order valence-corrected chi connectivity index (χ1v) is 9.53. The lowest BCUT2D eigenvalue weighted by Crippen LogP contribution is -2.47. The van der Waals surface area contributed by atoms with Crippen LogP contribution in [-0.2, 0) is 4.79 Å². The Labute approximate surface area is 167 Å². The van der Waals surface area contributed by atoms with E-state index in [1.165, 1.54) is 6.92 Å². The van der Waals surface area contributed by atoms with Crippen LogP contribution < -0.4 is 9.64 Å². The van der Waals surface area contributed by atoms with Crippen LogP contribution in [0.5, 0.6) is 5.75 Å². The van der Waals surface area contributed by atoms with Gasteiger partial charge in [-0.25, -0.2) is 4.79 Å². The lowest BCUT2D eigenvalue weighted by Gasteiger charge is -2.40. The Morgan fingerprint density at radius 2 is 1.93 bits per heavy atom. The summed E-state index contributed by atoms with van der Waals surface area (Å²) in [7, 11) is 0. The Bertz CT molecular complexity index is 910. The summed E-state index contributed by atoms with van der Waals surface area (Å²) in [6.07, 6.45) is 2.02. The van der Waals surface area contributed by atoms with Crippen molar-refractivity contribution in [2.75, 3.05) is 11.4 Å². The number of anilines is 1. The lowest BCUT2D eigenvalue weighted by atomic mass is 10.0.